The third-order valence-electron chi connectivity index (χ3n) is 3.31. The summed E-state index contributed by atoms with van der Waals surface area (Å²) >= 11 is 0. The summed E-state index contributed by atoms with van der Waals surface area (Å²) in [7, 11) is 1.79. The Morgan fingerprint density at radius 2 is 2.18 bits per heavy atom. The van der Waals surface area contributed by atoms with Crippen LogP contribution in [0.25, 0.3) is 11.4 Å². The molecule has 0 saturated carbocycles. The van der Waals surface area contributed by atoms with E-state index in [2.05, 4.69) is 56.8 Å². The fourth-order valence-electron chi connectivity index (χ4n) is 2.06. The van der Waals surface area contributed by atoms with Gasteiger partial charge >= 0.3 is 0 Å². The van der Waals surface area contributed by atoms with Gasteiger partial charge in [0.2, 0.25) is 0 Å². The van der Waals surface area contributed by atoms with E-state index < -0.39 is 0 Å². The van der Waals surface area contributed by atoms with Crippen molar-refractivity contribution in [1.29, 1.82) is 0 Å². The molecule has 2 rings (SSSR count). The molecule has 0 amide bonds. The van der Waals surface area contributed by atoms with Crippen LogP contribution in [-0.2, 0) is 6.54 Å². The number of aromatic amines is 1. The second-order valence-corrected chi connectivity index (χ2v) is 5.57. The van der Waals surface area contributed by atoms with Crippen molar-refractivity contribution in [2.24, 2.45) is 10.9 Å². The van der Waals surface area contributed by atoms with Crippen molar-refractivity contribution < 1.29 is 0 Å². The maximum Gasteiger partial charge on any atom is 0.191 e. The Bertz CT molecular complexity index is 588. The zero-order valence-corrected chi connectivity index (χ0v) is 13.4. The molecule has 0 aliphatic carbocycles. The molecule has 6 heteroatoms. The summed E-state index contributed by atoms with van der Waals surface area (Å²) in [5, 5.41) is 13.4. The van der Waals surface area contributed by atoms with Crippen molar-refractivity contribution in [3.05, 3.63) is 36.2 Å². The topological polar surface area (TPSA) is 78.0 Å². The number of guanidine groups is 1. The molecular formula is C16H24N6. The average molecular weight is 300 g/mol. The Labute approximate surface area is 131 Å². The molecule has 0 radical (unpaired) electrons. The lowest BCUT2D eigenvalue weighted by Gasteiger charge is -2.13. The predicted octanol–water partition coefficient (Wildman–Crippen LogP) is 2.18. The first-order valence-electron chi connectivity index (χ1n) is 7.58. The molecule has 0 spiro atoms. The number of rotatable bonds is 6. The van der Waals surface area contributed by atoms with Crippen LogP contribution in [0.1, 0.15) is 25.8 Å². The minimum absolute atomic E-state index is 0.684. The first kappa shape index (κ1) is 16.0. The highest BCUT2D eigenvalue weighted by Crippen LogP contribution is 2.15. The number of nitrogens with zero attached hydrogens (tertiary/aromatic N) is 3. The molecule has 1 aromatic heterocycles. The van der Waals surface area contributed by atoms with Gasteiger partial charge in [-0.3, -0.25) is 10.1 Å². The van der Waals surface area contributed by atoms with Crippen molar-refractivity contribution in [2.45, 2.75) is 26.8 Å². The molecule has 3 N–H and O–H groups in total. The van der Waals surface area contributed by atoms with Crippen LogP contribution in [0.4, 0.5) is 0 Å². The molecule has 118 valence electrons. The van der Waals surface area contributed by atoms with Gasteiger partial charge in [0.05, 0.1) is 0 Å². The maximum absolute atomic E-state index is 4.24. The van der Waals surface area contributed by atoms with Crippen LogP contribution in [-0.4, -0.2) is 34.7 Å². The van der Waals surface area contributed by atoms with Gasteiger partial charge in [0.15, 0.2) is 11.8 Å². The third-order valence-corrected chi connectivity index (χ3v) is 3.31. The second kappa shape index (κ2) is 8.17. The summed E-state index contributed by atoms with van der Waals surface area (Å²) in [4.78, 5) is 8.41. The molecule has 0 aliphatic heterocycles. The van der Waals surface area contributed by atoms with Gasteiger partial charge < -0.3 is 10.6 Å². The number of nitrogens with one attached hydrogen (secondary N) is 3. The molecule has 6 nitrogen and oxygen atoms in total. The van der Waals surface area contributed by atoms with Crippen LogP contribution in [0.3, 0.4) is 0 Å². The number of hydrogen-bond acceptors (Lipinski definition) is 3. The van der Waals surface area contributed by atoms with Crippen LogP contribution < -0.4 is 10.6 Å². The van der Waals surface area contributed by atoms with Crippen LogP contribution in [0, 0.1) is 5.92 Å². The smallest absolute Gasteiger partial charge is 0.191 e. The van der Waals surface area contributed by atoms with Crippen molar-refractivity contribution in [3.63, 3.8) is 0 Å². The average Bonchev–Trinajstić information content (AvgIpc) is 3.05. The first-order chi connectivity index (χ1) is 10.7. The maximum atomic E-state index is 4.24. The van der Waals surface area contributed by atoms with E-state index in [1.807, 2.05) is 12.1 Å². The molecule has 2 aromatic rings. The van der Waals surface area contributed by atoms with E-state index in [-0.39, 0.29) is 0 Å². The molecule has 0 unspecified atom stereocenters. The SMILES string of the molecule is CN=C(NCCC(C)C)NCc1cccc(-c2ncn[nH]2)c1. The van der Waals surface area contributed by atoms with Crippen molar-refractivity contribution in [3.8, 4) is 11.4 Å². The van der Waals surface area contributed by atoms with Gasteiger partial charge in [-0.05, 0) is 24.0 Å². The van der Waals surface area contributed by atoms with Gasteiger partial charge in [-0.1, -0.05) is 32.0 Å². The molecule has 0 saturated heterocycles. The highest BCUT2D eigenvalue weighted by molar-refractivity contribution is 5.79. The van der Waals surface area contributed by atoms with Crippen LogP contribution >= 0.6 is 0 Å². The lowest BCUT2D eigenvalue weighted by Crippen LogP contribution is -2.37. The highest BCUT2D eigenvalue weighted by Gasteiger charge is 2.03. The van der Waals surface area contributed by atoms with Gasteiger partial charge in [-0.15, -0.1) is 0 Å². The predicted molar refractivity (Wildman–Crippen MR) is 89.5 cm³/mol. The molecule has 1 heterocycles. The summed E-state index contributed by atoms with van der Waals surface area (Å²) < 4.78 is 0. The zero-order valence-electron chi connectivity index (χ0n) is 13.4. The number of aliphatic imine (C=N–C) groups is 1. The van der Waals surface area contributed by atoms with Crippen molar-refractivity contribution in [1.82, 2.24) is 25.8 Å². The van der Waals surface area contributed by atoms with E-state index in [4.69, 9.17) is 0 Å². The number of hydrogen-bond donors (Lipinski definition) is 3. The molecule has 0 fully saturated rings. The van der Waals surface area contributed by atoms with Crippen molar-refractivity contribution in [2.75, 3.05) is 13.6 Å². The zero-order chi connectivity index (χ0) is 15.8. The number of H-pyrrole nitrogens is 1. The Morgan fingerprint density at radius 1 is 1.32 bits per heavy atom. The van der Waals surface area contributed by atoms with Gasteiger partial charge in [0.1, 0.15) is 6.33 Å². The van der Waals surface area contributed by atoms with Gasteiger partial charge in [-0.2, -0.15) is 5.10 Å². The van der Waals surface area contributed by atoms with Crippen LogP contribution in [0.2, 0.25) is 0 Å². The molecule has 0 atom stereocenters. The first-order valence-corrected chi connectivity index (χ1v) is 7.58. The summed E-state index contributed by atoms with van der Waals surface area (Å²) in [6, 6.07) is 8.20. The van der Waals surface area contributed by atoms with E-state index in [0.717, 1.165) is 30.3 Å². The van der Waals surface area contributed by atoms with E-state index in [9.17, 15) is 0 Å². The normalized spacial score (nSPS) is 11.7. The van der Waals surface area contributed by atoms with E-state index in [0.29, 0.717) is 12.5 Å². The summed E-state index contributed by atoms with van der Waals surface area (Å²) in [6.07, 6.45) is 2.64. The Kier molecular flexibility index (Phi) is 5.94. The largest absolute Gasteiger partial charge is 0.356 e. The third kappa shape index (κ3) is 4.87. The summed E-state index contributed by atoms with van der Waals surface area (Å²) in [6.45, 7) is 6.07. The van der Waals surface area contributed by atoms with Crippen LogP contribution in [0.5, 0.6) is 0 Å². The van der Waals surface area contributed by atoms with E-state index in [1.54, 1.807) is 7.05 Å². The molecule has 0 bridgehead atoms. The van der Waals surface area contributed by atoms with Gasteiger partial charge in [0.25, 0.3) is 0 Å². The molecule has 22 heavy (non-hydrogen) atoms. The summed E-state index contributed by atoms with van der Waals surface area (Å²) in [5.41, 5.74) is 2.19. The van der Waals surface area contributed by atoms with Gasteiger partial charge in [0, 0.05) is 25.7 Å². The summed E-state index contributed by atoms with van der Waals surface area (Å²) in [5.74, 6) is 2.29. The van der Waals surface area contributed by atoms with Crippen molar-refractivity contribution >= 4 is 5.96 Å². The minimum atomic E-state index is 0.684. The van der Waals surface area contributed by atoms with Gasteiger partial charge in [-0.25, -0.2) is 4.98 Å². The lowest BCUT2D eigenvalue weighted by atomic mass is 10.1. The fraction of sp³-hybridized carbons (Fsp3) is 0.438. The second-order valence-electron chi connectivity index (χ2n) is 5.57. The number of benzene rings is 1. The molecule has 0 aliphatic rings. The fourth-order valence-corrected chi connectivity index (χ4v) is 2.06. The van der Waals surface area contributed by atoms with E-state index >= 15 is 0 Å². The molecule has 1 aromatic carbocycles. The quantitative estimate of drug-likeness (QED) is 0.564. The minimum Gasteiger partial charge on any atom is -0.356 e. The van der Waals surface area contributed by atoms with Crippen LogP contribution in [0.15, 0.2) is 35.6 Å². The Morgan fingerprint density at radius 3 is 2.86 bits per heavy atom. The lowest BCUT2D eigenvalue weighted by molar-refractivity contribution is 0.573. The number of aromatic nitrogens is 3. The highest BCUT2D eigenvalue weighted by atomic mass is 15.2. The van der Waals surface area contributed by atoms with E-state index in [1.165, 1.54) is 11.9 Å². The Hall–Kier alpha value is -2.37. The standard InChI is InChI=1S/C16H24N6/c1-12(2)7-8-18-16(17-3)19-10-13-5-4-6-14(9-13)15-20-11-21-22-15/h4-6,9,11-12H,7-8,10H2,1-3H3,(H2,17,18,19)(H,20,21,22). The Balaban J connectivity index is 1.89. The monoisotopic (exact) mass is 300 g/mol. The molecular weight excluding hydrogens is 276 g/mol.